The highest BCUT2D eigenvalue weighted by molar-refractivity contribution is 5.94. The van der Waals surface area contributed by atoms with E-state index in [9.17, 15) is 18.4 Å². The van der Waals surface area contributed by atoms with Crippen molar-refractivity contribution in [1.82, 2.24) is 9.80 Å². The van der Waals surface area contributed by atoms with Crippen LogP contribution in [0.3, 0.4) is 0 Å². The lowest BCUT2D eigenvalue weighted by Gasteiger charge is -2.43. The molecule has 6 nitrogen and oxygen atoms in total. The first-order chi connectivity index (χ1) is 16.0. The molecule has 0 saturated carbocycles. The average molecular weight is 459 g/mol. The smallest absolute Gasteiger partial charge is 0.256 e. The first kappa shape index (κ1) is 23.2. The fourth-order valence-electron chi connectivity index (χ4n) is 4.53. The van der Waals surface area contributed by atoms with E-state index in [1.54, 1.807) is 9.80 Å². The molecule has 2 amide bonds. The molecule has 2 aromatic carbocycles. The minimum Gasteiger partial charge on any atom is -0.493 e. The maximum atomic E-state index is 14.3. The SMILES string of the molecule is O=C(C[C@]1(COc2ccccc2)CCCN(C(=O)c2ccc(F)cc2F)C1)N1CCOCC1. The standard InChI is InChI=1S/C25H28F2N2O4/c26-19-7-8-21(22(27)15-19)24(31)29-10-4-9-25(17-29,18-33-20-5-2-1-3-6-20)16-23(30)28-11-13-32-14-12-28/h1-3,5-8,15H,4,9-14,16-18H2/t25-/m1/s1. The van der Waals surface area contributed by atoms with Crippen LogP contribution in [0, 0.1) is 17.0 Å². The maximum absolute atomic E-state index is 14.3. The second-order valence-electron chi connectivity index (χ2n) is 8.73. The normalized spacial score (nSPS) is 21.0. The molecule has 4 rings (SSSR count). The Morgan fingerprint density at radius 1 is 1.00 bits per heavy atom. The highest BCUT2D eigenvalue weighted by Gasteiger charge is 2.41. The van der Waals surface area contributed by atoms with Crippen molar-refractivity contribution in [3.63, 3.8) is 0 Å². The van der Waals surface area contributed by atoms with Crippen LogP contribution in [0.25, 0.3) is 0 Å². The van der Waals surface area contributed by atoms with Gasteiger partial charge in [-0.25, -0.2) is 8.78 Å². The Hall–Kier alpha value is -3.00. The van der Waals surface area contributed by atoms with Crippen LogP contribution in [0.2, 0.25) is 0 Å². The van der Waals surface area contributed by atoms with Gasteiger partial charge in [0.1, 0.15) is 17.4 Å². The summed E-state index contributed by atoms with van der Waals surface area (Å²) in [5.74, 6) is -1.44. The van der Waals surface area contributed by atoms with Crippen LogP contribution >= 0.6 is 0 Å². The van der Waals surface area contributed by atoms with E-state index < -0.39 is 23.0 Å². The number of piperidine rings is 1. The third-order valence-corrected chi connectivity index (χ3v) is 6.29. The van der Waals surface area contributed by atoms with Crippen molar-refractivity contribution < 1.29 is 27.8 Å². The second kappa shape index (κ2) is 10.3. The van der Waals surface area contributed by atoms with Crippen molar-refractivity contribution in [2.75, 3.05) is 46.0 Å². The Morgan fingerprint density at radius 2 is 1.76 bits per heavy atom. The molecular weight excluding hydrogens is 430 g/mol. The number of morpholine rings is 1. The van der Waals surface area contributed by atoms with Crippen LogP contribution in [-0.4, -0.2) is 67.6 Å². The molecule has 2 saturated heterocycles. The molecule has 0 aliphatic carbocycles. The van der Waals surface area contributed by atoms with Gasteiger partial charge in [-0.1, -0.05) is 18.2 Å². The van der Waals surface area contributed by atoms with Crippen LogP contribution in [0.15, 0.2) is 48.5 Å². The molecule has 2 fully saturated rings. The van der Waals surface area contributed by atoms with E-state index in [2.05, 4.69) is 0 Å². The average Bonchev–Trinajstić information content (AvgIpc) is 2.84. The largest absolute Gasteiger partial charge is 0.493 e. The Morgan fingerprint density at radius 3 is 2.48 bits per heavy atom. The molecule has 2 aliphatic rings. The number of hydrogen-bond donors (Lipinski definition) is 0. The molecule has 1 atom stereocenters. The molecule has 8 heteroatoms. The summed E-state index contributed by atoms with van der Waals surface area (Å²) < 4.78 is 39.0. The van der Waals surface area contributed by atoms with Gasteiger partial charge in [-0.2, -0.15) is 0 Å². The summed E-state index contributed by atoms with van der Waals surface area (Å²) in [5, 5.41) is 0. The zero-order chi connectivity index (χ0) is 23.3. The molecule has 0 unspecified atom stereocenters. The van der Waals surface area contributed by atoms with Crippen molar-refractivity contribution >= 4 is 11.8 Å². The van der Waals surface area contributed by atoms with Crippen molar-refractivity contribution in [1.29, 1.82) is 0 Å². The van der Waals surface area contributed by atoms with Gasteiger partial charge in [-0.3, -0.25) is 9.59 Å². The topological polar surface area (TPSA) is 59.1 Å². The number of amides is 2. The van der Waals surface area contributed by atoms with E-state index in [0.29, 0.717) is 57.5 Å². The van der Waals surface area contributed by atoms with Crippen molar-refractivity contribution in [3.8, 4) is 5.75 Å². The molecular formula is C25H28F2N2O4. The number of carbonyl (C=O) groups is 2. The molecule has 2 heterocycles. The van der Waals surface area contributed by atoms with E-state index in [4.69, 9.17) is 9.47 Å². The van der Waals surface area contributed by atoms with Gasteiger partial charge < -0.3 is 19.3 Å². The van der Waals surface area contributed by atoms with Gasteiger partial charge in [-0.15, -0.1) is 0 Å². The third kappa shape index (κ3) is 5.68. The summed E-state index contributed by atoms with van der Waals surface area (Å²) in [6.07, 6.45) is 1.57. The minimum atomic E-state index is -0.888. The van der Waals surface area contributed by atoms with E-state index >= 15 is 0 Å². The summed E-state index contributed by atoms with van der Waals surface area (Å²) in [5.41, 5.74) is -0.786. The molecule has 0 N–H and O–H groups in total. The lowest BCUT2D eigenvalue weighted by atomic mass is 9.77. The number of nitrogens with zero attached hydrogens (tertiary/aromatic N) is 2. The monoisotopic (exact) mass is 458 g/mol. The molecule has 0 radical (unpaired) electrons. The zero-order valence-corrected chi connectivity index (χ0v) is 18.5. The number of likely N-dealkylation sites (tertiary alicyclic amines) is 1. The first-order valence-corrected chi connectivity index (χ1v) is 11.2. The summed E-state index contributed by atoms with van der Waals surface area (Å²) in [6.45, 7) is 3.04. The van der Waals surface area contributed by atoms with Crippen molar-refractivity contribution in [2.45, 2.75) is 19.3 Å². The number of halogens is 2. The molecule has 0 bridgehead atoms. The number of carbonyl (C=O) groups excluding carboxylic acids is 2. The number of hydrogen-bond acceptors (Lipinski definition) is 4. The Labute approximate surface area is 192 Å². The quantitative estimate of drug-likeness (QED) is 0.665. The highest BCUT2D eigenvalue weighted by Crippen LogP contribution is 2.36. The summed E-state index contributed by atoms with van der Waals surface area (Å²) in [4.78, 5) is 29.6. The molecule has 2 aliphatic heterocycles. The third-order valence-electron chi connectivity index (χ3n) is 6.29. The maximum Gasteiger partial charge on any atom is 0.256 e. The Bertz CT molecular complexity index is 982. The van der Waals surface area contributed by atoms with Gasteiger partial charge in [0.2, 0.25) is 5.91 Å². The number of benzene rings is 2. The van der Waals surface area contributed by atoms with Crippen molar-refractivity contribution in [2.24, 2.45) is 5.41 Å². The van der Waals surface area contributed by atoms with Crippen LogP contribution in [0.1, 0.15) is 29.6 Å². The fraction of sp³-hybridized carbons (Fsp3) is 0.440. The van der Waals surface area contributed by atoms with Gasteiger partial charge in [0.25, 0.3) is 5.91 Å². The Balaban J connectivity index is 1.54. The van der Waals surface area contributed by atoms with Crippen LogP contribution in [0.4, 0.5) is 8.78 Å². The fourth-order valence-corrected chi connectivity index (χ4v) is 4.53. The van der Waals surface area contributed by atoms with Gasteiger partial charge in [-0.05, 0) is 37.1 Å². The number of rotatable bonds is 6. The number of ether oxygens (including phenoxy) is 2. The lowest BCUT2D eigenvalue weighted by Crippen LogP contribution is -2.52. The lowest BCUT2D eigenvalue weighted by molar-refractivity contribution is -0.139. The van der Waals surface area contributed by atoms with E-state index in [0.717, 1.165) is 6.07 Å². The van der Waals surface area contributed by atoms with E-state index in [1.165, 1.54) is 6.07 Å². The summed E-state index contributed by atoms with van der Waals surface area (Å²) >= 11 is 0. The van der Waals surface area contributed by atoms with Gasteiger partial charge in [0.15, 0.2) is 0 Å². The molecule has 0 aromatic heterocycles. The molecule has 176 valence electrons. The summed E-state index contributed by atoms with van der Waals surface area (Å²) in [7, 11) is 0. The summed E-state index contributed by atoms with van der Waals surface area (Å²) in [6, 6.07) is 12.3. The second-order valence-corrected chi connectivity index (χ2v) is 8.73. The molecule has 33 heavy (non-hydrogen) atoms. The van der Waals surface area contributed by atoms with Gasteiger partial charge in [0.05, 0.1) is 25.4 Å². The molecule has 2 aromatic rings. The van der Waals surface area contributed by atoms with E-state index in [-0.39, 0.29) is 31.0 Å². The molecule has 0 spiro atoms. The van der Waals surface area contributed by atoms with Crippen LogP contribution < -0.4 is 4.74 Å². The predicted molar refractivity (Wildman–Crippen MR) is 118 cm³/mol. The first-order valence-electron chi connectivity index (χ1n) is 11.2. The van der Waals surface area contributed by atoms with Gasteiger partial charge in [0, 0.05) is 44.1 Å². The minimum absolute atomic E-state index is 0.00257. The van der Waals surface area contributed by atoms with Crippen LogP contribution in [0.5, 0.6) is 5.75 Å². The van der Waals surface area contributed by atoms with Crippen molar-refractivity contribution in [3.05, 3.63) is 65.7 Å². The van der Waals surface area contributed by atoms with Crippen LogP contribution in [-0.2, 0) is 9.53 Å². The predicted octanol–water partition coefficient (Wildman–Crippen LogP) is 3.52. The van der Waals surface area contributed by atoms with Gasteiger partial charge >= 0.3 is 0 Å². The van der Waals surface area contributed by atoms with E-state index in [1.807, 2.05) is 30.3 Å². The Kier molecular flexibility index (Phi) is 7.23. The number of para-hydroxylation sites is 1. The zero-order valence-electron chi connectivity index (χ0n) is 18.5. The highest BCUT2D eigenvalue weighted by atomic mass is 19.1.